The highest BCUT2D eigenvalue weighted by Crippen LogP contribution is 2.18. The molecule has 0 aliphatic carbocycles. The molecule has 1 rings (SSSR count). The molecular weight excluding hydrogens is 320 g/mol. The summed E-state index contributed by atoms with van der Waals surface area (Å²) < 4.78 is 4.52. The third-order valence-electron chi connectivity index (χ3n) is 3.06. The first-order valence-corrected chi connectivity index (χ1v) is 6.72. The molecular formula is C15H16N2O7. The number of methoxy groups -OCH3 is 1. The second kappa shape index (κ2) is 7.86. The number of hydroxylamine groups is 2. The van der Waals surface area contributed by atoms with Crippen molar-refractivity contribution in [2.24, 2.45) is 0 Å². The van der Waals surface area contributed by atoms with E-state index in [1.54, 1.807) is 0 Å². The number of benzene rings is 1. The van der Waals surface area contributed by atoms with Gasteiger partial charge in [-0.2, -0.15) is 5.06 Å². The Bertz CT molecular complexity index is 682. The standard InChI is InChI=1S/C15H16N2O7/c1-9(15(20)23-4)10(2)16(24-11(3)18)14(19)12-5-7-13(8-6-12)17(21)22/h5-8,10H,1H2,2-4H3. The maximum atomic E-state index is 12.5. The van der Waals surface area contributed by atoms with Gasteiger partial charge in [-0.3, -0.25) is 19.7 Å². The first kappa shape index (κ1) is 18.8. The minimum Gasteiger partial charge on any atom is -0.466 e. The van der Waals surface area contributed by atoms with Gasteiger partial charge in [0.1, 0.15) is 0 Å². The van der Waals surface area contributed by atoms with Gasteiger partial charge in [0.15, 0.2) is 0 Å². The molecule has 0 fully saturated rings. The van der Waals surface area contributed by atoms with Gasteiger partial charge in [-0.15, -0.1) is 0 Å². The van der Waals surface area contributed by atoms with E-state index in [2.05, 4.69) is 11.3 Å². The highest BCUT2D eigenvalue weighted by molar-refractivity contribution is 5.96. The summed E-state index contributed by atoms with van der Waals surface area (Å²) in [6, 6.07) is 3.71. The molecule has 128 valence electrons. The van der Waals surface area contributed by atoms with E-state index >= 15 is 0 Å². The van der Waals surface area contributed by atoms with Crippen molar-refractivity contribution in [1.29, 1.82) is 0 Å². The summed E-state index contributed by atoms with van der Waals surface area (Å²) in [5.74, 6) is -2.32. The summed E-state index contributed by atoms with van der Waals surface area (Å²) in [5, 5.41) is 11.3. The lowest BCUT2D eigenvalue weighted by Crippen LogP contribution is -2.42. The van der Waals surface area contributed by atoms with Crippen molar-refractivity contribution >= 4 is 23.5 Å². The van der Waals surface area contributed by atoms with Gasteiger partial charge in [-0.05, 0) is 19.1 Å². The molecule has 0 aromatic heterocycles. The Labute approximate surface area is 137 Å². The molecule has 1 atom stereocenters. The first-order chi connectivity index (χ1) is 11.2. The van der Waals surface area contributed by atoms with Crippen LogP contribution in [-0.2, 0) is 19.2 Å². The number of hydrogen-bond acceptors (Lipinski definition) is 7. The molecule has 0 saturated carbocycles. The fourth-order valence-electron chi connectivity index (χ4n) is 1.73. The summed E-state index contributed by atoms with van der Waals surface area (Å²) in [6.45, 7) is 6.03. The van der Waals surface area contributed by atoms with E-state index in [-0.39, 0.29) is 16.8 Å². The maximum Gasteiger partial charge on any atom is 0.335 e. The fourth-order valence-corrected chi connectivity index (χ4v) is 1.73. The minimum atomic E-state index is -0.996. The Morgan fingerprint density at radius 2 is 1.79 bits per heavy atom. The molecule has 0 aliphatic heterocycles. The average molecular weight is 336 g/mol. The summed E-state index contributed by atoms with van der Waals surface area (Å²) >= 11 is 0. The number of nitrogens with zero attached hydrogens (tertiary/aromatic N) is 2. The van der Waals surface area contributed by atoms with E-state index in [1.807, 2.05) is 0 Å². The maximum absolute atomic E-state index is 12.5. The molecule has 1 unspecified atom stereocenters. The predicted molar refractivity (Wildman–Crippen MR) is 81.6 cm³/mol. The normalized spacial score (nSPS) is 11.1. The van der Waals surface area contributed by atoms with Gasteiger partial charge in [0.25, 0.3) is 11.6 Å². The molecule has 0 radical (unpaired) electrons. The topological polar surface area (TPSA) is 116 Å². The number of esters is 1. The molecule has 0 aliphatic rings. The van der Waals surface area contributed by atoms with Gasteiger partial charge in [-0.25, -0.2) is 4.79 Å². The quantitative estimate of drug-likeness (QED) is 0.347. The predicted octanol–water partition coefficient (Wildman–Crippen LogP) is 1.63. The van der Waals surface area contributed by atoms with E-state index in [4.69, 9.17) is 4.84 Å². The number of amides is 1. The number of carbonyl (C=O) groups excluding carboxylic acids is 3. The second-order valence-corrected chi connectivity index (χ2v) is 4.71. The van der Waals surface area contributed by atoms with Crippen molar-refractivity contribution in [1.82, 2.24) is 5.06 Å². The number of carbonyl (C=O) groups is 3. The van der Waals surface area contributed by atoms with Crippen LogP contribution in [0.5, 0.6) is 0 Å². The third kappa shape index (κ3) is 4.38. The van der Waals surface area contributed by atoms with Crippen LogP contribution in [0.2, 0.25) is 0 Å². The average Bonchev–Trinajstić information content (AvgIpc) is 2.56. The molecule has 1 aromatic rings. The molecule has 0 spiro atoms. The zero-order valence-electron chi connectivity index (χ0n) is 13.3. The molecule has 1 amide bonds. The zero-order chi connectivity index (χ0) is 18.4. The third-order valence-corrected chi connectivity index (χ3v) is 3.06. The number of hydrogen-bond donors (Lipinski definition) is 0. The number of rotatable bonds is 5. The number of nitro benzene ring substituents is 1. The highest BCUT2D eigenvalue weighted by Gasteiger charge is 2.30. The summed E-state index contributed by atoms with van der Waals surface area (Å²) in [4.78, 5) is 50.2. The van der Waals surface area contributed by atoms with E-state index in [0.717, 1.165) is 26.2 Å². The van der Waals surface area contributed by atoms with Crippen LogP contribution >= 0.6 is 0 Å². The van der Waals surface area contributed by atoms with E-state index in [9.17, 15) is 24.5 Å². The first-order valence-electron chi connectivity index (χ1n) is 6.72. The Kier molecular flexibility index (Phi) is 6.16. The monoisotopic (exact) mass is 336 g/mol. The summed E-state index contributed by atoms with van der Waals surface area (Å²) in [6.07, 6.45) is 0. The second-order valence-electron chi connectivity index (χ2n) is 4.71. The Morgan fingerprint density at radius 1 is 1.25 bits per heavy atom. The smallest absolute Gasteiger partial charge is 0.335 e. The number of non-ortho nitro benzene ring substituents is 1. The molecule has 0 saturated heterocycles. The minimum absolute atomic E-state index is 0.0337. The van der Waals surface area contributed by atoms with Gasteiger partial charge >= 0.3 is 11.9 Å². The SMILES string of the molecule is C=C(C(=O)OC)C(C)N(OC(C)=O)C(=O)c1ccc([N+](=O)[O-])cc1. The van der Waals surface area contributed by atoms with Crippen LogP contribution in [0.15, 0.2) is 36.4 Å². The molecule has 0 heterocycles. The van der Waals surface area contributed by atoms with Crippen LogP contribution < -0.4 is 0 Å². The van der Waals surface area contributed by atoms with Gasteiger partial charge in [-0.1, -0.05) is 6.58 Å². The van der Waals surface area contributed by atoms with Crippen molar-refractivity contribution in [3.8, 4) is 0 Å². The van der Waals surface area contributed by atoms with E-state index in [0.29, 0.717) is 5.06 Å². The van der Waals surface area contributed by atoms with Gasteiger partial charge in [0.2, 0.25) is 0 Å². The van der Waals surface area contributed by atoms with E-state index < -0.39 is 28.8 Å². The Hall–Kier alpha value is -3.23. The van der Waals surface area contributed by atoms with Crippen LogP contribution in [0.25, 0.3) is 0 Å². The zero-order valence-corrected chi connectivity index (χ0v) is 13.3. The van der Waals surface area contributed by atoms with Crippen LogP contribution in [0.1, 0.15) is 24.2 Å². The molecule has 24 heavy (non-hydrogen) atoms. The summed E-state index contributed by atoms with van der Waals surface area (Å²) in [7, 11) is 1.15. The number of nitro groups is 1. The molecule has 9 nitrogen and oxygen atoms in total. The van der Waals surface area contributed by atoms with Crippen molar-refractivity contribution in [2.45, 2.75) is 19.9 Å². The van der Waals surface area contributed by atoms with Crippen LogP contribution in [0.3, 0.4) is 0 Å². The lowest BCUT2D eigenvalue weighted by Gasteiger charge is -2.27. The lowest BCUT2D eigenvalue weighted by atomic mass is 10.1. The van der Waals surface area contributed by atoms with Crippen molar-refractivity contribution in [3.63, 3.8) is 0 Å². The lowest BCUT2D eigenvalue weighted by molar-refractivity contribution is -0.384. The molecule has 0 bridgehead atoms. The van der Waals surface area contributed by atoms with E-state index in [1.165, 1.54) is 19.1 Å². The van der Waals surface area contributed by atoms with Gasteiger partial charge < -0.3 is 9.57 Å². The van der Waals surface area contributed by atoms with Crippen molar-refractivity contribution in [2.75, 3.05) is 7.11 Å². The highest BCUT2D eigenvalue weighted by atomic mass is 16.7. The van der Waals surface area contributed by atoms with Crippen molar-refractivity contribution in [3.05, 3.63) is 52.1 Å². The van der Waals surface area contributed by atoms with Gasteiger partial charge in [0, 0.05) is 24.6 Å². The van der Waals surface area contributed by atoms with Gasteiger partial charge in [0.05, 0.1) is 23.6 Å². The molecule has 9 heteroatoms. The van der Waals surface area contributed by atoms with Crippen molar-refractivity contribution < 1.29 is 28.9 Å². The van der Waals surface area contributed by atoms with Crippen LogP contribution in [0, 0.1) is 10.1 Å². The molecule has 1 aromatic carbocycles. The Morgan fingerprint density at radius 3 is 2.21 bits per heavy atom. The number of ether oxygens (including phenoxy) is 1. The van der Waals surface area contributed by atoms with Crippen LogP contribution in [0.4, 0.5) is 5.69 Å². The summed E-state index contributed by atoms with van der Waals surface area (Å²) in [5.41, 5.74) is -0.266. The fraction of sp³-hybridized carbons (Fsp3) is 0.267. The Balaban J connectivity index is 3.12. The largest absolute Gasteiger partial charge is 0.466 e. The molecule has 0 N–H and O–H groups in total. The van der Waals surface area contributed by atoms with Crippen LogP contribution in [-0.4, -0.2) is 41.0 Å².